The molecule has 72 valence electrons. The Morgan fingerprint density at radius 2 is 2.69 bits per heavy atom. The highest BCUT2D eigenvalue weighted by atomic mass is 32.2. The quantitative estimate of drug-likeness (QED) is 0.730. The van der Waals surface area contributed by atoms with E-state index in [1.807, 2.05) is 0 Å². The minimum atomic E-state index is 0.283. The van der Waals surface area contributed by atoms with Crippen molar-refractivity contribution >= 4 is 11.8 Å². The first-order valence-corrected chi connectivity index (χ1v) is 5.28. The SMILES string of the molecule is c1coc(SCC2CNCCO2)n1. The number of oxazole rings is 1. The predicted octanol–water partition coefficient (Wildman–Crippen LogP) is 0.755. The molecule has 1 atom stereocenters. The van der Waals surface area contributed by atoms with E-state index in [-0.39, 0.29) is 6.10 Å². The Balaban J connectivity index is 1.72. The summed E-state index contributed by atoms with van der Waals surface area (Å²) in [5.41, 5.74) is 0. The number of thioether (sulfide) groups is 1. The summed E-state index contributed by atoms with van der Waals surface area (Å²) < 4.78 is 10.6. The molecule has 5 heteroatoms. The van der Waals surface area contributed by atoms with Crippen molar-refractivity contribution in [1.82, 2.24) is 10.3 Å². The van der Waals surface area contributed by atoms with Crippen molar-refractivity contribution in [3.05, 3.63) is 12.5 Å². The Bertz CT molecular complexity index is 234. The summed E-state index contributed by atoms with van der Waals surface area (Å²) in [5.74, 6) is 0.896. The molecule has 0 aliphatic carbocycles. The number of nitrogens with one attached hydrogen (secondary N) is 1. The Labute approximate surface area is 81.1 Å². The molecule has 2 rings (SSSR count). The Kier molecular flexibility index (Phi) is 3.23. The lowest BCUT2D eigenvalue weighted by Gasteiger charge is -2.22. The summed E-state index contributed by atoms with van der Waals surface area (Å²) in [5, 5.41) is 3.99. The summed E-state index contributed by atoms with van der Waals surface area (Å²) in [7, 11) is 0. The molecule has 1 aliphatic heterocycles. The van der Waals surface area contributed by atoms with Crippen LogP contribution < -0.4 is 5.32 Å². The molecule has 0 amide bonds. The monoisotopic (exact) mass is 200 g/mol. The van der Waals surface area contributed by atoms with Gasteiger partial charge in [-0.3, -0.25) is 0 Å². The van der Waals surface area contributed by atoms with Crippen molar-refractivity contribution in [2.45, 2.75) is 11.3 Å². The highest BCUT2D eigenvalue weighted by Gasteiger charge is 2.14. The molecule has 1 aromatic heterocycles. The van der Waals surface area contributed by atoms with Crippen molar-refractivity contribution in [1.29, 1.82) is 0 Å². The maximum Gasteiger partial charge on any atom is 0.255 e. The average Bonchev–Trinajstić information content (AvgIpc) is 2.69. The zero-order chi connectivity index (χ0) is 8.93. The number of aromatic nitrogens is 1. The van der Waals surface area contributed by atoms with Crippen LogP contribution in [0.25, 0.3) is 0 Å². The Hall–Kier alpha value is -0.520. The molecule has 0 radical (unpaired) electrons. The lowest BCUT2D eigenvalue weighted by atomic mass is 10.3. The molecule has 0 spiro atoms. The molecule has 1 N–H and O–H groups in total. The Morgan fingerprint density at radius 1 is 1.69 bits per heavy atom. The molecule has 13 heavy (non-hydrogen) atoms. The van der Waals surface area contributed by atoms with Gasteiger partial charge in [0.05, 0.1) is 18.9 Å². The molecule has 0 bridgehead atoms. The first-order chi connectivity index (χ1) is 6.45. The summed E-state index contributed by atoms with van der Waals surface area (Å²) in [6, 6.07) is 0. The van der Waals surface area contributed by atoms with E-state index in [0.29, 0.717) is 5.22 Å². The van der Waals surface area contributed by atoms with Gasteiger partial charge in [-0.05, 0) is 0 Å². The van der Waals surface area contributed by atoms with E-state index >= 15 is 0 Å². The van der Waals surface area contributed by atoms with Crippen LogP contribution in [-0.2, 0) is 4.74 Å². The van der Waals surface area contributed by atoms with Crippen molar-refractivity contribution < 1.29 is 9.15 Å². The van der Waals surface area contributed by atoms with Crippen LogP contribution in [0.3, 0.4) is 0 Å². The van der Waals surface area contributed by atoms with Crippen LogP contribution in [0.15, 0.2) is 22.1 Å². The van der Waals surface area contributed by atoms with Crippen LogP contribution in [0.2, 0.25) is 0 Å². The predicted molar refractivity (Wildman–Crippen MR) is 49.8 cm³/mol. The van der Waals surface area contributed by atoms with Gasteiger partial charge in [0.25, 0.3) is 5.22 Å². The minimum absolute atomic E-state index is 0.283. The molecule has 0 saturated carbocycles. The minimum Gasteiger partial charge on any atom is -0.440 e. The van der Waals surface area contributed by atoms with Crippen LogP contribution in [0.1, 0.15) is 0 Å². The summed E-state index contributed by atoms with van der Waals surface area (Å²) in [6.07, 6.45) is 3.52. The standard InChI is InChI=1S/C8H12N2O2S/c1-3-11-7(5-9-1)6-13-8-10-2-4-12-8/h2,4,7,9H,1,3,5-6H2. The van der Waals surface area contributed by atoms with Gasteiger partial charge in [-0.1, -0.05) is 11.8 Å². The van der Waals surface area contributed by atoms with E-state index in [2.05, 4.69) is 10.3 Å². The van der Waals surface area contributed by atoms with Crippen molar-refractivity contribution in [3.8, 4) is 0 Å². The number of rotatable bonds is 3. The second-order valence-electron chi connectivity index (χ2n) is 2.81. The lowest BCUT2D eigenvalue weighted by molar-refractivity contribution is 0.0439. The van der Waals surface area contributed by atoms with Gasteiger partial charge in [0.1, 0.15) is 6.26 Å². The molecule has 1 saturated heterocycles. The largest absolute Gasteiger partial charge is 0.440 e. The molecular weight excluding hydrogens is 188 g/mol. The molecule has 2 heterocycles. The molecule has 1 fully saturated rings. The maximum absolute atomic E-state index is 5.52. The van der Waals surface area contributed by atoms with Crippen LogP contribution in [0.4, 0.5) is 0 Å². The fraction of sp³-hybridized carbons (Fsp3) is 0.625. The fourth-order valence-corrected chi connectivity index (χ4v) is 1.97. The number of nitrogens with zero attached hydrogens (tertiary/aromatic N) is 1. The van der Waals surface area contributed by atoms with Gasteiger partial charge in [0, 0.05) is 18.8 Å². The van der Waals surface area contributed by atoms with Gasteiger partial charge in [0.2, 0.25) is 0 Å². The van der Waals surface area contributed by atoms with Gasteiger partial charge in [0.15, 0.2) is 0 Å². The zero-order valence-electron chi connectivity index (χ0n) is 7.23. The van der Waals surface area contributed by atoms with Gasteiger partial charge in [-0.2, -0.15) is 0 Å². The molecule has 0 aromatic carbocycles. The van der Waals surface area contributed by atoms with Gasteiger partial charge in [-0.25, -0.2) is 4.98 Å². The summed E-state index contributed by atoms with van der Waals surface area (Å²) in [6.45, 7) is 2.69. The van der Waals surface area contributed by atoms with Gasteiger partial charge in [-0.15, -0.1) is 0 Å². The first kappa shape index (κ1) is 9.05. The number of ether oxygens (including phenoxy) is 1. The fourth-order valence-electron chi connectivity index (χ4n) is 1.17. The highest BCUT2D eigenvalue weighted by molar-refractivity contribution is 7.99. The highest BCUT2D eigenvalue weighted by Crippen LogP contribution is 2.17. The van der Waals surface area contributed by atoms with E-state index in [1.165, 1.54) is 0 Å². The molecule has 1 unspecified atom stereocenters. The lowest BCUT2D eigenvalue weighted by Crippen LogP contribution is -2.39. The van der Waals surface area contributed by atoms with Crippen molar-refractivity contribution in [2.24, 2.45) is 0 Å². The second kappa shape index (κ2) is 4.64. The topological polar surface area (TPSA) is 47.3 Å². The molecule has 4 nitrogen and oxygen atoms in total. The number of hydrogen-bond donors (Lipinski definition) is 1. The number of morpholine rings is 1. The van der Waals surface area contributed by atoms with E-state index in [9.17, 15) is 0 Å². The third-order valence-corrected chi connectivity index (χ3v) is 2.79. The third-order valence-electron chi connectivity index (χ3n) is 1.81. The van der Waals surface area contributed by atoms with E-state index in [1.54, 1.807) is 24.2 Å². The zero-order valence-corrected chi connectivity index (χ0v) is 8.05. The Morgan fingerprint density at radius 3 is 3.38 bits per heavy atom. The summed E-state index contributed by atoms with van der Waals surface area (Å²) in [4.78, 5) is 4.02. The van der Waals surface area contributed by atoms with E-state index in [4.69, 9.17) is 9.15 Å². The maximum atomic E-state index is 5.52. The molecular formula is C8H12N2O2S. The smallest absolute Gasteiger partial charge is 0.255 e. The normalized spacial score (nSPS) is 23.2. The number of hydrogen-bond acceptors (Lipinski definition) is 5. The van der Waals surface area contributed by atoms with Crippen molar-refractivity contribution in [3.63, 3.8) is 0 Å². The van der Waals surface area contributed by atoms with Crippen LogP contribution in [-0.4, -0.2) is 36.5 Å². The van der Waals surface area contributed by atoms with Gasteiger partial charge >= 0.3 is 0 Å². The van der Waals surface area contributed by atoms with Crippen LogP contribution in [0.5, 0.6) is 0 Å². The van der Waals surface area contributed by atoms with E-state index in [0.717, 1.165) is 25.4 Å². The third kappa shape index (κ3) is 2.72. The first-order valence-electron chi connectivity index (χ1n) is 4.30. The molecule has 1 aromatic rings. The van der Waals surface area contributed by atoms with Crippen molar-refractivity contribution in [2.75, 3.05) is 25.4 Å². The van der Waals surface area contributed by atoms with Crippen LogP contribution in [0, 0.1) is 0 Å². The second-order valence-corrected chi connectivity index (χ2v) is 3.78. The van der Waals surface area contributed by atoms with Gasteiger partial charge < -0.3 is 14.5 Å². The average molecular weight is 200 g/mol. The van der Waals surface area contributed by atoms with Crippen LogP contribution >= 0.6 is 11.8 Å². The summed E-state index contributed by atoms with van der Waals surface area (Å²) >= 11 is 1.59. The van der Waals surface area contributed by atoms with E-state index < -0.39 is 0 Å². The molecule has 1 aliphatic rings.